The lowest BCUT2D eigenvalue weighted by Crippen LogP contribution is -2.48. The Balaban J connectivity index is 1.79. The number of carbonyl (C=O) groups is 1. The van der Waals surface area contributed by atoms with E-state index in [1.807, 2.05) is 56.0 Å². The molecule has 0 bridgehead atoms. The zero-order valence-corrected chi connectivity index (χ0v) is 16.7. The maximum absolute atomic E-state index is 13.4. The number of aryl methyl sites for hydroxylation is 2. The summed E-state index contributed by atoms with van der Waals surface area (Å²) in [5.74, 6) is 0.591. The van der Waals surface area contributed by atoms with Crippen LogP contribution in [-0.4, -0.2) is 45.9 Å². The fraction of sp³-hybridized carbons (Fsp3) is 0.364. The topological polar surface area (TPSA) is 60.5 Å². The smallest absolute Gasteiger partial charge is 0.272 e. The minimum Gasteiger partial charge on any atom is -0.463 e. The maximum Gasteiger partial charge on any atom is 0.272 e. The number of morpholine rings is 1. The molecule has 6 heteroatoms. The summed E-state index contributed by atoms with van der Waals surface area (Å²) in [6.45, 7) is 9.20. The van der Waals surface area contributed by atoms with Crippen LogP contribution in [0.5, 0.6) is 0 Å². The number of ether oxygens (including phenoxy) is 1. The molecule has 1 amide bonds. The second-order valence-corrected chi connectivity index (χ2v) is 7.56. The van der Waals surface area contributed by atoms with Crippen LogP contribution in [0.3, 0.4) is 0 Å². The Morgan fingerprint density at radius 3 is 2.50 bits per heavy atom. The Hall–Kier alpha value is -2.86. The van der Waals surface area contributed by atoms with Crippen molar-refractivity contribution < 1.29 is 13.9 Å². The Morgan fingerprint density at radius 1 is 1.11 bits per heavy atom. The Kier molecular flexibility index (Phi) is 4.81. The number of aromatic nitrogens is 2. The van der Waals surface area contributed by atoms with E-state index in [1.165, 1.54) is 5.56 Å². The number of hydrogen-bond donors (Lipinski definition) is 0. The van der Waals surface area contributed by atoms with E-state index in [4.69, 9.17) is 14.3 Å². The molecule has 1 saturated heterocycles. The van der Waals surface area contributed by atoms with E-state index in [9.17, 15) is 4.79 Å². The van der Waals surface area contributed by atoms with E-state index < -0.39 is 0 Å². The van der Waals surface area contributed by atoms with Gasteiger partial charge in [-0.2, -0.15) is 5.10 Å². The van der Waals surface area contributed by atoms with Crippen LogP contribution in [0.1, 0.15) is 35.5 Å². The third kappa shape index (κ3) is 3.47. The minimum absolute atomic E-state index is 0.00901. The minimum atomic E-state index is -0.0488. The average molecular weight is 379 g/mol. The van der Waals surface area contributed by atoms with Gasteiger partial charge in [0.05, 0.1) is 24.2 Å². The first-order chi connectivity index (χ1) is 13.4. The number of amides is 1. The van der Waals surface area contributed by atoms with Gasteiger partial charge in [0, 0.05) is 19.2 Å². The van der Waals surface area contributed by atoms with Crippen molar-refractivity contribution in [3.63, 3.8) is 0 Å². The fourth-order valence-corrected chi connectivity index (χ4v) is 3.81. The van der Waals surface area contributed by atoms with Crippen molar-refractivity contribution in [3.8, 4) is 17.1 Å². The van der Waals surface area contributed by atoms with Gasteiger partial charge in [-0.1, -0.05) is 17.7 Å². The molecular weight excluding hydrogens is 354 g/mol. The molecule has 1 aromatic carbocycles. The Bertz CT molecular complexity index is 981. The van der Waals surface area contributed by atoms with E-state index in [0.717, 1.165) is 11.3 Å². The maximum atomic E-state index is 13.4. The van der Waals surface area contributed by atoms with E-state index in [1.54, 1.807) is 10.9 Å². The molecule has 0 saturated carbocycles. The highest BCUT2D eigenvalue weighted by Gasteiger charge is 2.30. The van der Waals surface area contributed by atoms with Gasteiger partial charge in [0.1, 0.15) is 11.4 Å². The van der Waals surface area contributed by atoms with Crippen LogP contribution in [0, 0.1) is 13.8 Å². The first kappa shape index (κ1) is 18.5. The number of nitrogens with zero attached hydrogens (tertiary/aromatic N) is 3. The Morgan fingerprint density at radius 2 is 1.86 bits per heavy atom. The van der Waals surface area contributed by atoms with Gasteiger partial charge in [-0.15, -0.1) is 0 Å². The predicted octanol–water partition coefficient (Wildman–Crippen LogP) is 4.00. The average Bonchev–Trinajstić information content (AvgIpc) is 3.30. The molecule has 0 aliphatic carbocycles. The molecule has 2 atom stereocenters. The number of hydrogen-bond acceptors (Lipinski definition) is 4. The molecule has 3 heterocycles. The van der Waals surface area contributed by atoms with Crippen LogP contribution in [0.4, 0.5) is 0 Å². The molecule has 1 fully saturated rings. The first-order valence-corrected chi connectivity index (χ1v) is 9.58. The third-order valence-electron chi connectivity index (χ3n) is 4.99. The second kappa shape index (κ2) is 7.28. The van der Waals surface area contributed by atoms with Crippen LogP contribution in [0.15, 0.2) is 47.1 Å². The summed E-state index contributed by atoms with van der Waals surface area (Å²) in [6.07, 6.45) is 1.63. The zero-order chi connectivity index (χ0) is 19.8. The SMILES string of the molecule is Cc1ccc(-n2nc(-c3ccco3)cc2C(=O)N2CC(C)OC(C)C2)c(C)c1. The zero-order valence-electron chi connectivity index (χ0n) is 16.7. The standard InChI is InChI=1S/C22H25N3O3/c1-14-7-8-19(15(2)10-14)25-20(11-18(23-25)21-6-5-9-27-21)22(26)24-12-16(3)28-17(4)13-24/h5-11,16-17H,12-13H2,1-4H3. The van der Waals surface area contributed by atoms with Gasteiger partial charge in [0.25, 0.3) is 5.91 Å². The van der Waals surface area contributed by atoms with Crippen LogP contribution in [0.25, 0.3) is 17.1 Å². The lowest BCUT2D eigenvalue weighted by molar-refractivity contribution is -0.0588. The summed E-state index contributed by atoms with van der Waals surface area (Å²) in [6, 6.07) is 11.6. The van der Waals surface area contributed by atoms with Crippen molar-refractivity contribution in [2.75, 3.05) is 13.1 Å². The molecule has 6 nitrogen and oxygen atoms in total. The molecule has 2 aromatic heterocycles. The molecule has 0 spiro atoms. The number of furan rings is 1. The highest BCUT2D eigenvalue weighted by molar-refractivity contribution is 5.94. The van der Waals surface area contributed by atoms with Crippen molar-refractivity contribution in [3.05, 3.63) is 59.5 Å². The van der Waals surface area contributed by atoms with Crippen LogP contribution < -0.4 is 0 Å². The van der Waals surface area contributed by atoms with E-state index in [-0.39, 0.29) is 18.1 Å². The number of benzene rings is 1. The van der Waals surface area contributed by atoms with Crippen molar-refractivity contribution in [1.82, 2.24) is 14.7 Å². The summed E-state index contributed by atoms with van der Waals surface area (Å²) in [7, 11) is 0. The molecule has 4 rings (SSSR count). The van der Waals surface area contributed by atoms with Crippen molar-refractivity contribution in [2.45, 2.75) is 39.9 Å². The molecule has 3 aromatic rings. The van der Waals surface area contributed by atoms with Gasteiger partial charge < -0.3 is 14.1 Å². The largest absolute Gasteiger partial charge is 0.463 e. The highest BCUT2D eigenvalue weighted by Crippen LogP contribution is 2.26. The summed E-state index contributed by atoms with van der Waals surface area (Å²) in [5.41, 5.74) is 4.29. The van der Waals surface area contributed by atoms with Gasteiger partial charge in [-0.3, -0.25) is 4.79 Å². The fourth-order valence-electron chi connectivity index (χ4n) is 3.81. The van der Waals surface area contributed by atoms with Crippen LogP contribution in [-0.2, 0) is 4.74 Å². The third-order valence-corrected chi connectivity index (χ3v) is 4.99. The lowest BCUT2D eigenvalue weighted by atomic mass is 10.1. The van der Waals surface area contributed by atoms with Gasteiger partial charge in [-0.25, -0.2) is 4.68 Å². The van der Waals surface area contributed by atoms with Crippen LogP contribution >= 0.6 is 0 Å². The van der Waals surface area contributed by atoms with E-state index in [0.29, 0.717) is 30.2 Å². The molecule has 146 valence electrons. The molecule has 28 heavy (non-hydrogen) atoms. The summed E-state index contributed by atoms with van der Waals surface area (Å²) in [5, 5.41) is 4.71. The van der Waals surface area contributed by atoms with Crippen molar-refractivity contribution in [1.29, 1.82) is 0 Å². The predicted molar refractivity (Wildman–Crippen MR) is 107 cm³/mol. The van der Waals surface area contributed by atoms with Crippen molar-refractivity contribution in [2.24, 2.45) is 0 Å². The molecule has 1 aliphatic heterocycles. The number of rotatable bonds is 3. The van der Waals surface area contributed by atoms with E-state index in [2.05, 4.69) is 13.0 Å². The number of carbonyl (C=O) groups excluding carboxylic acids is 1. The van der Waals surface area contributed by atoms with Gasteiger partial charge >= 0.3 is 0 Å². The van der Waals surface area contributed by atoms with Gasteiger partial charge in [0.15, 0.2) is 5.76 Å². The van der Waals surface area contributed by atoms with Crippen molar-refractivity contribution >= 4 is 5.91 Å². The summed E-state index contributed by atoms with van der Waals surface area (Å²) >= 11 is 0. The quantitative estimate of drug-likeness (QED) is 0.690. The Labute approximate surface area is 164 Å². The normalized spacial score (nSPS) is 19.8. The molecule has 0 N–H and O–H groups in total. The second-order valence-electron chi connectivity index (χ2n) is 7.56. The highest BCUT2D eigenvalue weighted by atomic mass is 16.5. The summed E-state index contributed by atoms with van der Waals surface area (Å²) in [4.78, 5) is 15.3. The molecule has 1 aliphatic rings. The van der Waals surface area contributed by atoms with E-state index >= 15 is 0 Å². The van der Waals surface area contributed by atoms with Gasteiger partial charge in [-0.05, 0) is 51.5 Å². The lowest BCUT2D eigenvalue weighted by Gasteiger charge is -2.35. The molecular formula is C22H25N3O3. The monoisotopic (exact) mass is 379 g/mol. The summed E-state index contributed by atoms with van der Waals surface area (Å²) < 4.78 is 13.0. The molecule has 2 unspecified atom stereocenters. The van der Waals surface area contributed by atoms with Crippen LogP contribution in [0.2, 0.25) is 0 Å². The first-order valence-electron chi connectivity index (χ1n) is 9.58. The van der Waals surface area contributed by atoms with Gasteiger partial charge in [0.2, 0.25) is 0 Å². The molecule has 0 radical (unpaired) electrons.